The average molecular weight is 755 g/mol. The maximum atomic E-state index is 13.9. The number of carbonyl (C=O) groups is 1. The molecule has 0 N–H and O–H groups in total. The van der Waals surface area contributed by atoms with Crippen LogP contribution in [0.15, 0.2) is 35.5 Å². The monoisotopic (exact) mass is 754 g/mol. The molecule has 268 valence electrons. The molecule has 2 bridgehead atoms. The predicted octanol–water partition coefficient (Wildman–Crippen LogP) is 6.44. The van der Waals surface area contributed by atoms with Crippen LogP contribution in [-0.4, -0.2) is 99.8 Å². The number of aromatic nitrogens is 1. The van der Waals surface area contributed by atoms with Crippen LogP contribution in [0.25, 0.3) is 0 Å². The molecule has 6 rings (SSSR count). The van der Waals surface area contributed by atoms with E-state index in [2.05, 4.69) is 4.98 Å². The number of hydrogen-bond donors (Lipinski definition) is 0. The summed E-state index contributed by atoms with van der Waals surface area (Å²) in [6.45, 7) is 4.81. The Morgan fingerprint density at radius 2 is 1.46 bits per heavy atom. The first kappa shape index (κ1) is 40.9. The summed E-state index contributed by atoms with van der Waals surface area (Å²) >= 11 is 5.85. The largest absolute Gasteiger partial charge is 0.673 e. The number of hydrogen-bond acceptors (Lipinski definition) is 6. The van der Waals surface area contributed by atoms with Crippen molar-refractivity contribution in [3.63, 3.8) is 0 Å². The number of fused-ring (bicyclic) bond motifs is 4. The molecule has 0 amide bonds. The van der Waals surface area contributed by atoms with Crippen LogP contribution in [0.2, 0.25) is 0 Å². The highest BCUT2D eigenvalue weighted by atomic mass is 35.5. The molecule has 2 aromatic rings. The van der Waals surface area contributed by atoms with Crippen LogP contribution >= 0.6 is 11.6 Å². The smallest absolute Gasteiger partial charge is 0.455 e. The summed E-state index contributed by atoms with van der Waals surface area (Å²) in [6, 6.07) is 5.19. The highest BCUT2D eigenvalue weighted by Crippen LogP contribution is 2.42. The number of piperazine rings is 3. The molecule has 3 fully saturated rings. The second-order valence-electron chi connectivity index (χ2n) is 10.3. The fourth-order valence-corrected chi connectivity index (χ4v) is 5.99. The van der Waals surface area contributed by atoms with Gasteiger partial charge in [0.1, 0.15) is 37.2 Å². The van der Waals surface area contributed by atoms with Gasteiger partial charge in [0.05, 0.1) is 16.7 Å². The highest BCUT2D eigenvalue weighted by Gasteiger charge is 2.51. The van der Waals surface area contributed by atoms with Gasteiger partial charge in [-0.1, -0.05) is 11.6 Å². The number of halogens is 14. The predicted molar refractivity (Wildman–Crippen MR) is 144 cm³/mol. The van der Waals surface area contributed by atoms with Crippen molar-refractivity contribution in [1.82, 2.24) is 4.98 Å². The van der Waals surface area contributed by atoms with Crippen LogP contribution in [0.3, 0.4) is 0 Å². The van der Waals surface area contributed by atoms with Crippen LogP contribution in [0.5, 0.6) is 11.5 Å². The molecule has 8 nitrogen and oxygen atoms in total. The van der Waals surface area contributed by atoms with Crippen molar-refractivity contribution in [2.75, 3.05) is 45.3 Å². The van der Waals surface area contributed by atoms with Crippen molar-refractivity contribution in [2.24, 2.45) is 0 Å². The van der Waals surface area contributed by atoms with Gasteiger partial charge < -0.3 is 39.3 Å². The number of pyridine rings is 1. The number of ketones is 1. The summed E-state index contributed by atoms with van der Waals surface area (Å²) < 4.78 is 174. The molecule has 48 heavy (non-hydrogen) atoms. The Bertz CT molecular complexity index is 1570. The summed E-state index contributed by atoms with van der Waals surface area (Å²) in [5.74, 6) is -1.55. The lowest BCUT2D eigenvalue weighted by Gasteiger charge is -2.48. The third-order valence-electron chi connectivity index (χ3n) is 6.99. The Morgan fingerprint density at radius 3 is 1.90 bits per heavy atom. The van der Waals surface area contributed by atoms with Gasteiger partial charge in [0.15, 0.2) is 37.6 Å². The Morgan fingerprint density at radius 1 is 0.958 bits per heavy atom. The number of benzene rings is 1. The molecule has 1 aromatic heterocycles. The van der Waals surface area contributed by atoms with Crippen molar-refractivity contribution < 1.29 is 83.7 Å². The number of nitriles is 1. The van der Waals surface area contributed by atoms with Crippen LogP contribution < -0.4 is 4.74 Å². The number of sulfone groups is 1. The van der Waals surface area contributed by atoms with Crippen molar-refractivity contribution in [3.05, 3.63) is 47.3 Å². The second-order valence-corrected chi connectivity index (χ2v) is 12.5. The van der Waals surface area contributed by atoms with Crippen LogP contribution in [0.1, 0.15) is 21.5 Å². The standard InChI is InChI=1S/C16H8F4N2O4S.C7H14ClFN2.2BF4/c17-11-4-10-12(26-9-3-8(5-21)6-22-7-9)1-2-13(14(10)15(11)23)27(24,25)16(18,19)20;8-7-10-1-4-11(9,5-2-10)6-3-10;2*2-1(3,4)5/h1-3,6-7,11H,4H2;1-7H2;;/q;+2;2*-1. The first-order chi connectivity index (χ1) is 21.7. The van der Waals surface area contributed by atoms with Gasteiger partial charge in [-0.15, -0.1) is 4.71 Å². The maximum absolute atomic E-state index is 13.9. The zero-order valence-electron chi connectivity index (χ0n) is 23.9. The van der Waals surface area contributed by atoms with Crippen LogP contribution in [0.4, 0.5) is 56.6 Å². The van der Waals surface area contributed by atoms with E-state index in [4.69, 9.17) is 21.6 Å². The van der Waals surface area contributed by atoms with E-state index >= 15 is 0 Å². The van der Waals surface area contributed by atoms with Gasteiger partial charge in [0, 0.05) is 29.8 Å². The molecular formula is C23H22B2ClF13N4O4S. The Balaban J connectivity index is 0.000000309. The molecular weight excluding hydrogens is 732 g/mol. The van der Waals surface area contributed by atoms with Crippen molar-refractivity contribution in [3.8, 4) is 17.6 Å². The van der Waals surface area contributed by atoms with E-state index < -0.39 is 58.7 Å². The lowest BCUT2D eigenvalue weighted by atomic mass is 10.1. The van der Waals surface area contributed by atoms with E-state index in [0.717, 1.165) is 30.2 Å². The van der Waals surface area contributed by atoms with Gasteiger partial charge in [-0.3, -0.25) is 14.3 Å². The minimum Gasteiger partial charge on any atom is -0.455 e. The first-order valence-electron chi connectivity index (χ1n) is 13.1. The van der Waals surface area contributed by atoms with E-state index in [9.17, 15) is 69.8 Å². The van der Waals surface area contributed by atoms with Crippen LogP contribution in [-0.2, 0) is 16.3 Å². The Hall–Kier alpha value is -3.29. The number of carbonyl (C=O) groups excluding carboxylic acids is 1. The molecule has 1 aliphatic carbocycles. The molecule has 4 aliphatic rings. The number of rotatable bonds is 4. The Labute approximate surface area is 268 Å². The van der Waals surface area contributed by atoms with Crippen molar-refractivity contribution >= 4 is 41.7 Å². The van der Waals surface area contributed by atoms with E-state index in [0.29, 0.717) is 31.7 Å². The fraction of sp³-hybridized carbons (Fsp3) is 0.435. The quantitative estimate of drug-likeness (QED) is 0.0891. The zero-order chi connectivity index (χ0) is 36.9. The molecule has 1 atom stereocenters. The molecule has 1 aromatic carbocycles. The third kappa shape index (κ3) is 11.4. The number of alkyl halides is 5. The van der Waals surface area contributed by atoms with Gasteiger partial charge in [-0.2, -0.15) is 18.4 Å². The molecule has 3 saturated heterocycles. The van der Waals surface area contributed by atoms with E-state index in [1.54, 1.807) is 6.07 Å². The molecule has 0 saturated carbocycles. The molecule has 25 heteroatoms. The lowest BCUT2D eigenvalue weighted by molar-refractivity contribution is -1.15. The van der Waals surface area contributed by atoms with Gasteiger partial charge in [-0.05, 0) is 16.6 Å². The van der Waals surface area contributed by atoms with Crippen molar-refractivity contribution in [1.29, 1.82) is 5.26 Å². The number of quaternary nitrogens is 2. The zero-order valence-corrected chi connectivity index (χ0v) is 25.5. The first-order valence-corrected chi connectivity index (χ1v) is 15.2. The summed E-state index contributed by atoms with van der Waals surface area (Å²) in [5, 5.41) is 8.84. The molecule has 1 unspecified atom stereocenters. The van der Waals surface area contributed by atoms with Crippen LogP contribution in [0, 0.1) is 11.3 Å². The van der Waals surface area contributed by atoms with E-state index in [1.807, 2.05) is 0 Å². The third-order valence-corrected chi connectivity index (χ3v) is 9.02. The van der Waals surface area contributed by atoms with Gasteiger partial charge in [0.2, 0.25) is 0 Å². The molecule has 0 radical (unpaired) electrons. The minimum absolute atomic E-state index is 0.0115. The lowest BCUT2D eigenvalue weighted by Crippen LogP contribution is -2.71. The van der Waals surface area contributed by atoms with E-state index in [1.165, 1.54) is 18.5 Å². The normalized spacial score (nSPS) is 23.3. The van der Waals surface area contributed by atoms with Crippen molar-refractivity contribution in [2.45, 2.75) is 23.0 Å². The maximum Gasteiger partial charge on any atom is 0.673 e. The summed E-state index contributed by atoms with van der Waals surface area (Å²) in [5.41, 5.74) is -6.69. The summed E-state index contributed by atoms with van der Waals surface area (Å²) in [6.07, 6.45) is -0.388. The highest BCUT2D eigenvalue weighted by molar-refractivity contribution is 7.92. The number of ether oxygens (including phenoxy) is 1. The average Bonchev–Trinajstić information content (AvgIpc) is 3.26. The second kappa shape index (κ2) is 15.1. The van der Waals surface area contributed by atoms with E-state index in [-0.39, 0.29) is 27.3 Å². The molecule has 4 heterocycles. The SMILES string of the molecule is F[B-](F)(F)F.F[B-](F)(F)F.F[N+]12CC[N+](CCl)(CC1)CC2.N#Cc1cncc(Oc2ccc(S(=O)(=O)C(F)(F)F)c3c2CC(F)C3=O)c1. The van der Waals surface area contributed by atoms with Gasteiger partial charge >= 0.3 is 20.0 Å². The number of nitrogens with zero attached hydrogens (tertiary/aromatic N) is 4. The molecule has 3 aliphatic heterocycles. The summed E-state index contributed by atoms with van der Waals surface area (Å²) in [7, 11) is -17.9. The Kier molecular flexibility index (Phi) is 12.8. The van der Waals surface area contributed by atoms with Gasteiger partial charge in [-0.25, -0.2) is 12.8 Å². The topological polar surface area (TPSA) is 97.1 Å². The fourth-order valence-electron chi connectivity index (χ4n) is 4.64. The van der Waals surface area contributed by atoms with Gasteiger partial charge in [0.25, 0.3) is 9.84 Å². The summed E-state index contributed by atoms with van der Waals surface area (Å²) in [4.78, 5) is 14.4. The number of Topliss-reactive ketones (excluding diaryl/α,β-unsaturated/α-hetero) is 1. The molecule has 0 spiro atoms. The minimum atomic E-state index is -6.00.